The zero-order valence-electron chi connectivity index (χ0n) is 17.3. The van der Waals surface area contributed by atoms with Gasteiger partial charge in [0.25, 0.3) is 5.91 Å². The Balaban J connectivity index is 0.00000300. The number of fused-ring (bicyclic) bond motifs is 1. The summed E-state index contributed by atoms with van der Waals surface area (Å²) in [5, 5.41) is 0.745. The lowest BCUT2D eigenvalue weighted by atomic mass is 10.2. The smallest absolute Gasteiger partial charge is 0.260 e. The third-order valence-corrected chi connectivity index (χ3v) is 5.67. The Morgan fingerprint density at radius 2 is 1.93 bits per heavy atom. The molecule has 1 heterocycles. The second kappa shape index (κ2) is 10.6. The molecule has 5 nitrogen and oxygen atoms in total. The van der Waals surface area contributed by atoms with Gasteiger partial charge in [0.2, 0.25) is 0 Å². The maximum Gasteiger partial charge on any atom is 0.260 e. The zero-order chi connectivity index (χ0) is 20.1. The van der Waals surface area contributed by atoms with E-state index in [0.717, 1.165) is 34.7 Å². The van der Waals surface area contributed by atoms with Gasteiger partial charge in [-0.1, -0.05) is 30.4 Å². The number of thiazole rings is 1. The van der Waals surface area contributed by atoms with E-state index in [1.54, 1.807) is 29.4 Å². The number of amides is 1. The number of hydrogen-bond acceptors (Lipinski definition) is 5. The van der Waals surface area contributed by atoms with E-state index in [9.17, 15) is 4.79 Å². The van der Waals surface area contributed by atoms with Gasteiger partial charge in [0, 0.05) is 12.1 Å². The van der Waals surface area contributed by atoms with E-state index in [2.05, 4.69) is 24.0 Å². The number of aromatic nitrogens is 1. The van der Waals surface area contributed by atoms with E-state index in [0.29, 0.717) is 17.9 Å². The van der Waals surface area contributed by atoms with Crippen molar-refractivity contribution in [2.45, 2.75) is 19.8 Å². The normalized spacial score (nSPS) is 10.8. The van der Waals surface area contributed by atoms with Crippen molar-refractivity contribution in [1.29, 1.82) is 0 Å². The third kappa shape index (κ3) is 5.69. The van der Waals surface area contributed by atoms with Crippen molar-refractivity contribution in [3.05, 3.63) is 53.6 Å². The number of halogens is 1. The predicted molar refractivity (Wildman–Crippen MR) is 124 cm³/mol. The highest BCUT2D eigenvalue weighted by molar-refractivity contribution is 7.22. The van der Waals surface area contributed by atoms with Crippen LogP contribution in [0.1, 0.15) is 29.3 Å². The summed E-state index contributed by atoms with van der Waals surface area (Å²) >= 11 is 1.58. The minimum Gasteiger partial charge on any atom is -0.497 e. The number of ether oxygens (including phenoxy) is 1. The highest BCUT2D eigenvalue weighted by Crippen LogP contribution is 2.31. The molecular weight excluding hydrogens is 406 g/mol. The first-order chi connectivity index (χ1) is 13.5. The summed E-state index contributed by atoms with van der Waals surface area (Å²) in [4.78, 5) is 22.0. The van der Waals surface area contributed by atoms with Crippen LogP contribution in [0.3, 0.4) is 0 Å². The summed E-state index contributed by atoms with van der Waals surface area (Å²) in [6, 6.07) is 13.6. The van der Waals surface area contributed by atoms with Gasteiger partial charge in [-0.05, 0) is 69.4 Å². The lowest BCUT2D eigenvalue weighted by Gasteiger charge is -2.21. The van der Waals surface area contributed by atoms with Gasteiger partial charge >= 0.3 is 0 Å². The molecule has 0 bridgehead atoms. The van der Waals surface area contributed by atoms with Crippen molar-refractivity contribution >= 4 is 45.0 Å². The number of methoxy groups -OCH3 is 1. The Labute approximate surface area is 182 Å². The van der Waals surface area contributed by atoms with E-state index < -0.39 is 0 Å². The molecule has 3 aromatic rings. The first-order valence-corrected chi connectivity index (χ1v) is 10.3. The summed E-state index contributed by atoms with van der Waals surface area (Å²) in [6.45, 7) is 3.67. The molecule has 0 N–H and O–H groups in total. The fourth-order valence-electron chi connectivity index (χ4n) is 3.03. The zero-order valence-corrected chi connectivity index (χ0v) is 19.0. The van der Waals surface area contributed by atoms with Crippen LogP contribution in [0.4, 0.5) is 5.13 Å². The first-order valence-electron chi connectivity index (χ1n) is 9.52. The van der Waals surface area contributed by atoms with E-state index >= 15 is 0 Å². The second-order valence-corrected chi connectivity index (χ2v) is 8.01. The van der Waals surface area contributed by atoms with Crippen molar-refractivity contribution in [2.24, 2.45) is 0 Å². The van der Waals surface area contributed by atoms with Crippen LogP contribution in [0.25, 0.3) is 10.2 Å². The molecule has 0 aliphatic heterocycles. The van der Waals surface area contributed by atoms with Crippen LogP contribution >= 0.6 is 23.7 Å². The van der Waals surface area contributed by atoms with Gasteiger partial charge < -0.3 is 9.64 Å². The van der Waals surface area contributed by atoms with Crippen molar-refractivity contribution in [2.75, 3.05) is 39.2 Å². The van der Waals surface area contributed by atoms with Crippen LogP contribution in [0.2, 0.25) is 0 Å². The molecule has 1 aromatic heterocycles. The van der Waals surface area contributed by atoms with Crippen molar-refractivity contribution in [3.8, 4) is 5.75 Å². The van der Waals surface area contributed by atoms with E-state index in [-0.39, 0.29) is 18.3 Å². The molecule has 0 saturated carbocycles. The fourth-order valence-corrected chi connectivity index (χ4v) is 4.09. The summed E-state index contributed by atoms with van der Waals surface area (Å²) in [7, 11) is 5.69. The summed E-state index contributed by atoms with van der Waals surface area (Å²) in [5.41, 5.74) is 2.83. The molecule has 0 saturated heterocycles. The lowest BCUT2D eigenvalue weighted by Crippen LogP contribution is -2.33. The average Bonchev–Trinajstić information content (AvgIpc) is 3.13. The largest absolute Gasteiger partial charge is 0.497 e. The maximum absolute atomic E-state index is 13.3. The number of carbonyl (C=O) groups excluding carboxylic acids is 1. The molecular formula is C22H28ClN3O2S. The number of nitrogens with zero attached hydrogens (tertiary/aromatic N) is 3. The predicted octanol–water partition coefficient (Wildman–Crippen LogP) is 4.89. The number of carbonyl (C=O) groups is 1. The maximum atomic E-state index is 13.3. The van der Waals surface area contributed by atoms with Gasteiger partial charge in [-0.2, -0.15) is 0 Å². The number of benzene rings is 2. The first kappa shape index (κ1) is 23.1. The van der Waals surface area contributed by atoms with E-state index in [4.69, 9.17) is 9.72 Å². The van der Waals surface area contributed by atoms with Crippen molar-refractivity contribution in [1.82, 2.24) is 9.88 Å². The third-order valence-electron chi connectivity index (χ3n) is 4.63. The second-order valence-electron chi connectivity index (χ2n) is 7.00. The molecule has 0 spiro atoms. The molecule has 156 valence electrons. The molecule has 0 unspecified atom stereocenters. The molecule has 0 fully saturated rings. The lowest BCUT2D eigenvalue weighted by molar-refractivity contribution is 0.0985. The van der Waals surface area contributed by atoms with Crippen LogP contribution < -0.4 is 9.64 Å². The van der Waals surface area contributed by atoms with Crippen LogP contribution in [-0.2, 0) is 6.42 Å². The van der Waals surface area contributed by atoms with Crippen molar-refractivity contribution in [3.63, 3.8) is 0 Å². The molecule has 7 heteroatoms. The van der Waals surface area contributed by atoms with Gasteiger partial charge in [0.1, 0.15) is 5.75 Å². The Kier molecular flexibility index (Phi) is 8.44. The number of hydrogen-bond donors (Lipinski definition) is 0. The molecule has 0 radical (unpaired) electrons. The quantitative estimate of drug-likeness (QED) is 0.507. The average molecular weight is 434 g/mol. The number of rotatable bonds is 8. The highest BCUT2D eigenvalue weighted by Gasteiger charge is 2.21. The highest BCUT2D eigenvalue weighted by atomic mass is 35.5. The summed E-state index contributed by atoms with van der Waals surface area (Å²) < 4.78 is 6.40. The van der Waals surface area contributed by atoms with Gasteiger partial charge in [-0.3, -0.25) is 9.69 Å². The molecule has 1 amide bonds. The van der Waals surface area contributed by atoms with Crippen LogP contribution in [-0.4, -0.2) is 50.1 Å². The minimum absolute atomic E-state index is 0. The standard InChI is InChI=1S/C22H27N3O2S.ClH/c1-5-16-10-11-19-20(14-16)28-22(23-19)25(13-7-12-24(2)3)21(26)17-8-6-9-18(15-17)27-4;/h6,8-11,14-15H,5,7,12-13H2,1-4H3;1H. The number of anilines is 1. The SMILES string of the molecule is CCc1ccc2nc(N(CCCN(C)C)C(=O)c3cccc(OC)c3)sc2c1.Cl. The van der Waals surface area contributed by atoms with Crippen molar-refractivity contribution < 1.29 is 9.53 Å². The monoisotopic (exact) mass is 433 g/mol. The fraction of sp³-hybridized carbons (Fsp3) is 0.364. The number of aryl methyl sites for hydroxylation is 1. The molecule has 29 heavy (non-hydrogen) atoms. The van der Waals surface area contributed by atoms with Crippen LogP contribution in [0, 0.1) is 0 Å². The van der Waals surface area contributed by atoms with Crippen LogP contribution in [0.15, 0.2) is 42.5 Å². The Hall–Kier alpha value is -2.15. The van der Waals surface area contributed by atoms with E-state index in [1.165, 1.54) is 5.56 Å². The van der Waals surface area contributed by atoms with Gasteiger partial charge in [0.05, 0.1) is 17.3 Å². The van der Waals surface area contributed by atoms with Gasteiger partial charge in [-0.15, -0.1) is 12.4 Å². The molecule has 3 rings (SSSR count). The van der Waals surface area contributed by atoms with E-state index in [1.807, 2.05) is 38.4 Å². The van der Waals surface area contributed by atoms with Crippen LogP contribution in [0.5, 0.6) is 5.75 Å². The molecule has 0 aliphatic carbocycles. The topological polar surface area (TPSA) is 45.7 Å². The summed E-state index contributed by atoms with van der Waals surface area (Å²) in [6.07, 6.45) is 1.86. The minimum atomic E-state index is -0.0487. The van der Waals surface area contributed by atoms with Gasteiger partial charge in [-0.25, -0.2) is 4.98 Å². The summed E-state index contributed by atoms with van der Waals surface area (Å²) in [5.74, 6) is 0.628. The molecule has 0 atom stereocenters. The Morgan fingerprint density at radius 3 is 2.62 bits per heavy atom. The molecule has 0 aliphatic rings. The molecule has 2 aromatic carbocycles. The van der Waals surface area contributed by atoms with Gasteiger partial charge in [0.15, 0.2) is 5.13 Å². The Morgan fingerprint density at radius 1 is 1.14 bits per heavy atom. The Bertz CT molecular complexity index is 958.